The van der Waals surface area contributed by atoms with E-state index >= 15 is 0 Å². The first-order chi connectivity index (χ1) is 9.58. The highest BCUT2D eigenvalue weighted by Crippen LogP contribution is 2.28. The van der Waals surface area contributed by atoms with Gasteiger partial charge in [-0.3, -0.25) is 4.79 Å². The molecule has 0 aromatic heterocycles. The van der Waals surface area contributed by atoms with Gasteiger partial charge in [-0.2, -0.15) is 0 Å². The summed E-state index contributed by atoms with van der Waals surface area (Å²) in [6.07, 6.45) is 3.94. The Hall–Kier alpha value is -1.30. The molecule has 0 spiro atoms. The Kier molecular flexibility index (Phi) is 5.23. The summed E-state index contributed by atoms with van der Waals surface area (Å²) in [5.41, 5.74) is 0. The van der Waals surface area contributed by atoms with Gasteiger partial charge in [0.15, 0.2) is 0 Å². The first-order valence-electron chi connectivity index (χ1n) is 7.38. The molecule has 2 aliphatic rings. The summed E-state index contributed by atoms with van der Waals surface area (Å²) in [5, 5.41) is 9.04. The lowest BCUT2D eigenvalue weighted by molar-refractivity contribution is -0.143. The summed E-state index contributed by atoms with van der Waals surface area (Å²) in [7, 11) is 1.74. The number of piperidine rings is 1. The maximum atomic E-state index is 12.2. The summed E-state index contributed by atoms with van der Waals surface area (Å²) in [5.74, 6) is -0.500. The Bertz CT molecular complexity index is 357. The third-order valence-electron chi connectivity index (χ3n) is 3.99. The minimum atomic E-state index is -0.807. The van der Waals surface area contributed by atoms with E-state index in [1.165, 1.54) is 12.8 Å². The van der Waals surface area contributed by atoms with Gasteiger partial charge in [-0.1, -0.05) is 0 Å². The zero-order chi connectivity index (χ0) is 14.5. The van der Waals surface area contributed by atoms with E-state index in [4.69, 9.17) is 9.84 Å². The molecule has 1 atom stereocenters. The molecule has 0 aromatic rings. The average Bonchev–Trinajstić information content (AvgIpc) is 3.26. The Labute approximate surface area is 119 Å². The number of carbonyl (C=O) groups is 2. The molecule has 2 fully saturated rings. The van der Waals surface area contributed by atoms with Crippen molar-refractivity contribution < 1.29 is 19.4 Å². The van der Waals surface area contributed by atoms with Gasteiger partial charge in [-0.05, 0) is 31.6 Å². The highest BCUT2D eigenvalue weighted by atomic mass is 16.5. The molecule has 20 heavy (non-hydrogen) atoms. The molecule has 2 amide bonds. The summed E-state index contributed by atoms with van der Waals surface area (Å²) in [4.78, 5) is 26.5. The fourth-order valence-corrected chi connectivity index (χ4v) is 2.43. The number of hydrogen-bond acceptors (Lipinski definition) is 3. The number of hydrogen-bond donors (Lipinski definition) is 1. The predicted molar refractivity (Wildman–Crippen MR) is 73.5 cm³/mol. The van der Waals surface area contributed by atoms with Gasteiger partial charge >= 0.3 is 12.0 Å². The van der Waals surface area contributed by atoms with Gasteiger partial charge in [0, 0.05) is 33.3 Å². The van der Waals surface area contributed by atoms with Crippen LogP contribution in [0.4, 0.5) is 4.79 Å². The number of carboxylic acid groups (broad SMARTS) is 1. The van der Waals surface area contributed by atoms with Crippen LogP contribution >= 0.6 is 0 Å². The van der Waals surface area contributed by atoms with Gasteiger partial charge < -0.3 is 19.6 Å². The van der Waals surface area contributed by atoms with Crippen molar-refractivity contribution in [2.24, 2.45) is 11.8 Å². The maximum Gasteiger partial charge on any atom is 0.319 e. The number of amides is 2. The lowest BCUT2D eigenvalue weighted by Crippen LogP contribution is -2.48. The largest absolute Gasteiger partial charge is 0.481 e. The van der Waals surface area contributed by atoms with Crippen LogP contribution in [-0.4, -0.2) is 66.8 Å². The van der Waals surface area contributed by atoms with Gasteiger partial charge in [0.25, 0.3) is 0 Å². The summed E-state index contributed by atoms with van der Waals surface area (Å²) < 4.78 is 5.52. The Morgan fingerprint density at radius 1 is 1.35 bits per heavy atom. The van der Waals surface area contributed by atoms with Gasteiger partial charge in [-0.25, -0.2) is 4.79 Å². The van der Waals surface area contributed by atoms with Crippen molar-refractivity contribution in [3.63, 3.8) is 0 Å². The van der Waals surface area contributed by atoms with Gasteiger partial charge in [0.1, 0.15) is 0 Å². The number of aliphatic carboxylic acids is 1. The number of nitrogens with zero attached hydrogens (tertiary/aromatic N) is 2. The van der Waals surface area contributed by atoms with Crippen LogP contribution in [-0.2, 0) is 9.53 Å². The maximum absolute atomic E-state index is 12.2. The van der Waals surface area contributed by atoms with E-state index in [0.717, 1.165) is 18.9 Å². The smallest absolute Gasteiger partial charge is 0.319 e. The van der Waals surface area contributed by atoms with Crippen molar-refractivity contribution >= 4 is 12.0 Å². The lowest BCUT2D eigenvalue weighted by atomic mass is 9.99. The van der Waals surface area contributed by atoms with Crippen molar-refractivity contribution in [1.29, 1.82) is 0 Å². The molecular weight excluding hydrogens is 260 g/mol. The summed E-state index contributed by atoms with van der Waals surface area (Å²) in [6.45, 7) is 2.87. The minimum absolute atomic E-state index is 0.0917. The monoisotopic (exact) mass is 284 g/mol. The normalized spacial score (nSPS) is 22.6. The van der Waals surface area contributed by atoms with Crippen LogP contribution in [0.2, 0.25) is 0 Å². The van der Waals surface area contributed by atoms with Crippen LogP contribution in [0.5, 0.6) is 0 Å². The number of carbonyl (C=O) groups excluding carboxylic acids is 1. The number of ether oxygens (including phenoxy) is 1. The quantitative estimate of drug-likeness (QED) is 0.746. The lowest BCUT2D eigenvalue weighted by Gasteiger charge is -2.33. The van der Waals surface area contributed by atoms with Crippen molar-refractivity contribution in [3.05, 3.63) is 0 Å². The van der Waals surface area contributed by atoms with E-state index in [2.05, 4.69) is 0 Å². The second kappa shape index (κ2) is 6.92. The van der Waals surface area contributed by atoms with Crippen molar-refractivity contribution in [2.45, 2.75) is 25.7 Å². The van der Waals surface area contributed by atoms with Crippen LogP contribution in [0.15, 0.2) is 0 Å². The molecule has 1 aliphatic carbocycles. The van der Waals surface area contributed by atoms with E-state index < -0.39 is 11.9 Å². The van der Waals surface area contributed by atoms with Crippen molar-refractivity contribution in [3.8, 4) is 0 Å². The second-order valence-corrected chi connectivity index (χ2v) is 5.85. The third-order valence-corrected chi connectivity index (χ3v) is 3.99. The molecule has 6 heteroatoms. The Morgan fingerprint density at radius 2 is 2.10 bits per heavy atom. The fourth-order valence-electron chi connectivity index (χ4n) is 2.43. The topological polar surface area (TPSA) is 70.1 Å². The average molecular weight is 284 g/mol. The molecule has 114 valence electrons. The van der Waals surface area contributed by atoms with E-state index in [-0.39, 0.29) is 6.03 Å². The molecule has 0 unspecified atom stereocenters. The van der Waals surface area contributed by atoms with E-state index in [1.54, 1.807) is 16.8 Å². The molecule has 0 radical (unpaired) electrons. The number of likely N-dealkylation sites (N-methyl/N-ethyl adjacent to an activating group) is 1. The minimum Gasteiger partial charge on any atom is -0.481 e. The molecular formula is C14H24N2O4. The molecule has 6 nitrogen and oxygen atoms in total. The van der Waals surface area contributed by atoms with E-state index in [0.29, 0.717) is 32.7 Å². The van der Waals surface area contributed by atoms with E-state index in [1.807, 2.05) is 0 Å². The first-order valence-corrected chi connectivity index (χ1v) is 7.38. The van der Waals surface area contributed by atoms with Gasteiger partial charge in [-0.15, -0.1) is 0 Å². The second-order valence-electron chi connectivity index (χ2n) is 5.85. The first kappa shape index (κ1) is 15.1. The Morgan fingerprint density at radius 3 is 2.75 bits per heavy atom. The molecule has 2 rings (SSSR count). The van der Waals surface area contributed by atoms with Crippen LogP contribution < -0.4 is 0 Å². The fraction of sp³-hybridized carbons (Fsp3) is 0.857. The molecule has 0 aromatic carbocycles. The van der Waals surface area contributed by atoms with E-state index in [9.17, 15) is 9.59 Å². The third kappa shape index (κ3) is 4.37. The number of likely N-dealkylation sites (tertiary alicyclic amines) is 1. The van der Waals surface area contributed by atoms with Crippen LogP contribution in [0.25, 0.3) is 0 Å². The molecule has 0 bridgehead atoms. The SMILES string of the molecule is CN(CCOCC1CC1)C(=O)N1CCC[C@H](C(=O)O)C1. The molecule has 1 heterocycles. The number of carboxylic acids is 1. The summed E-state index contributed by atoms with van der Waals surface area (Å²) in [6, 6.07) is -0.0917. The van der Waals surface area contributed by atoms with Crippen LogP contribution in [0.3, 0.4) is 0 Å². The number of urea groups is 1. The molecule has 1 N–H and O–H groups in total. The molecule has 1 saturated carbocycles. The predicted octanol–water partition coefficient (Wildman–Crippen LogP) is 1.26. The highest BCUT2D eigenvalue weighted by molar-refractivity contribution is 5.76. The zero-order valence-electron chi connectivity index (χ0n) is 12.1. The highest BCUT2D eigenvalue weighted by Gasteiger charge is 2.29. The standard InChI is InChI=1S/C14H24N2O4/c1-15(7-8-20-10-11-4-5-11)14(19)16-6-2-3-12(9-16)13(17)18/h11-12H,2-10H2,1H3,(H,17,18)/t12-/m0/s1. The molecule has 1 aliphatic heterocycles. The van der Waals surface area contributed by atoms with Crippen LogP contribution in [0.1, 0.15) is 25.7 Å². The zero-order valence-corrected chi connectivity index (χ0v) is 12.1. The van der Waals surface area contributed by atoms with Gasteiger partial charge in [0.05, 0.1) is 12.5 Å². The van der Waals surface area contributed by atoms with Crippen LogP contribution in [0, 0.1) is 11.8 Å². The Balaban J connectivity index is 1.69. The van der Waals surface area contributed by atoms with Crippen molar-refractivity contribution in [1.82, 2.24) is 9.80 Å². The van der Waals surface area contributed by atoms with Crippen molar-refractivity contribution in [2.75, 3.05) is 39.9 Å². The number of rotatable bonds is 6. The van der Waals surface area contributed by atoms with Gasteiger partial charge in [0.2, 0.25) is 0 Å². The summed E-state index contributed by atoms with van der Waals surface area (Å²) >= 11 is 0. The molecule has 1 saturated heterocycles.